The van der Waals surface area contributed by atoms with Crippen molar-refractivity contribution in [3.05, 3.63) is 0 Å². The second-order valence-corrected chi connectivity index (χ2v) is 4.51. The Bertz CT molecular complexity index is 161. The molecule has 0 fully saturated rings. The van der Waals surface area contributed by atoms with Crippen LogP contribution in [-0.2, 0) is 4.79 Å². The molecule has 0 atom stereocenters. The van der Waals surface area contributed by atoms with Gasteiger partial charge in [-0.25, -0.2) is 0 Å². The van der Waals surface area contributed by atoms with Crippen LogP contribution in [0.2, 0.25) is 0 Å². The van der Waals surface area contributed by atoms with Crippen molar-refractivity contribution < 1.29 is 4.79 Å². The van der Waals surface area contributed by atoms with Crippen molar-refractivity contribution in [2.24, 2.45) is 11.3 Å². The van der Waals surface area contributed by atoms with Crippen LogP contribution in [0.1, 0.15) is 41.0 Å². The van der Waals surface area contributed by atoms with Crippen LogP contribution in [0, 0.1) is 11.3 Å². The lowest BCUT2D eigenvalue weighted by molar-refractivity contribution is -0.130. The van der Waals surface area contributed by atoms with Gasteiger partial charge in [0.1, 0.15) is 5.78 Å². The third kappa shape index (κ3) is 4.41. The number of rotatable bonds is 6. The van der Waals surface area contributed by atoms with Gasteiger partial charge in [-0.1, -0.05) is 34.6 Å². The van der Waals surface area contributed by atoms with Gasteiger partial charge in [0.2, 0.25) is 0 Å². The summed E-state index contributed by atoms with van der Waals surface area (Å²) in [4.78, 5) is 11.7. The topological polar surface area (TPSA) is 29.1 Å². The van der Waals surface area contributed by atoms with Gasteiger partial charge in [-0.3, -0.25) is 4.79 Å². The summed E-state index contributed by atoms with van der Waals surface area (Å²) in [5.74, 6) is 0.516. The van der Waals surface area contributed by atoms with Gasteiger partial charge in [0.15, 0.2) is 0 Å². The first-order chi connectivity index (χ1) is 5.91. The Morgan fingerprint density at radius 2 is 1.92 bits per heavy atom. The van der Waals surface area contributed by atoms with E-state index in [1.54, 1.807) is 0 Å². The molecule has 0 aromatic heterocycles. The first-order valence-electron chi connectivity index (χ1n) is 5.17. The van der Waals surface area contributed by atoms with Gasteiger partial charge >= 0.3 is 0 Å². The highest BCUT2D eigenvalue weighted by molar-refractivity contribution is 5.85. The smallest absolute Gasteiger partial charge is 0.141 e. The lowest BCUT2D eigenvalue weighted by Crippen LogP contribution is -2.32. The van der Waals surface area contributed by atoms with Crippen LogP contribution < -0.4 is 5.32 Å². The molecule has 0 aliphatic heterocycles. The van der Waals surface area contributed by atoms with E-state index in [4.69, 9.17) is 0 Å². The Kier molecular flexibility index (Phi) is 5.23. The standard InChI is InChI=1S/C11H23NO/c1-6-12-8-7-11(4,5)10(13)9(2)3/h9,12H,6-8H2,1-5H3. The van der Waals surface area contributed by atoms with E-state index in [2.05, 4.69) is 12.2 Å². The lowest BCUT2D eigenvalue weighted by atomic mass is 9.80. The molecule has 0 rings (SSSR count). The van der Waals surface area contributed by atoms with Gasteiger partial charge in [-0.05, 0) is 19.5 Å². The Balaban J connectivity index is 3.99. The SMILES string of the molecule is CCNCCC(C)(C)C(=O)C(C)C. The number of Topliss-reactive ketones (excluding diaryl/α,β-unsaturated/α-hetero) is 1. The molecule has 0 spiro atoms. The number of ketones is 1. The summed E-state index contributed by atoms with van der Waals surface area (Å²) in [7, 11) is 0. The highest BCUT2D eigenvalue weighted by Gasteiger charge is 2.28. The molecule has 0 amide bonds. The van der Waals surface area contributed by atoms with Crippen LogP contribution in [-0.4, -0.2) is 18.9 Å². The maximum absolute atomic E-state index is 11.7. The number of hydrogen-bond acceptors (Lipinski definition) is 2. The monoisotopic (exact) mass is 185 g/mol. The summed E-state index contributed by atoms with van der Waals surface area (Å²) >= 11 is 0. The molecule has 2 nitrogen and oxygen atoms in total. The Morgan fingerprint density at radius 3 is 2.31 bits per heavy atom. The van der Waals surface area contributed by atoms with E-state index in [1.165, 1.54) is 0 Å². The molecule has 1 N–H and O–H groups in total. The first kappa shape index (κ1) is 12.6. The predicted molar refractivity (Wildman–Crippen MR) is 56.8 cm³/mol. The molecule has 0 radical (unpaired) electrons. The second-order valence-electron chi connectivity index (χ2n) is 4.51. The number of hydrogen-bond donors (Lipinski definition) is 1. The summed E-state index contributed by atoms with van der Waals surface area (Å²) in [6.45, 7) is 12.0. The molecule has 0 aromatic carbocycles. The van der Waals surface area contributed by atoms with Crippen LogP contribution in [0.25, 0.3) is 0 Å². The van der Waals surface area contributed by atoms with Crippen LogP contribution in [0.15, 0.2) is 0 Å². The zero-order chi connectivity index (χ0) is 10.5. The normalized spacial score (nSPS) is 12.2. The molecule has 0 unspecified atom stereocenters. The molecule has 13 heavy (non-hydrogen) atoms. The summed E-state index contributed by atoms with van der Waals surface area (Å²) in [6, 6.07) is 0. The molecule has 0 bridgehead atoms. The molecule has 0 aromatic rings. The molecular weight excluding hydrogens is 162 g/mol. The van der Waals surface area contributed by atoms with E-state index >= 15 is 0 Å². The van der Waals surface area contributed by atoms with Crippen LogP contribution in [0.4, 0.5) is 0 Å². The van der Waals surface area contributed by atoms with Crippen molar-refractivity contribution >= 4 is 5.78 Å². The number of carbonyl (C=O) groups excluding carboxylic acids is 1. The second kappa shape index (κ2) is 5.38. The van der Waals surface area contributed by atoms with E-state index in [9.17, 15) is 4.79 Å². The van der Waals surface area contributed by atoms with Crippen molar-refractivity contribution in [2.75, 3.05) is 13.1 Å². The van der Waals surface area contributed by atoms with Crippen molar-refractivity contribution in [3.63, 3.8) is 0 Å². The average molecular weight is 185 g/mol. The van der Waals surface area contributed by atoms with Gasteiger partial charge in [0.25, 0.3) is 0 Å². The van der Waals surface area contributed by atoms with Crippen molar-refractivity contribution in [2.45, 2.75) is 41.0 Å². The number of nitrogens with one attached hydrogen (secondary N) is 1. The fourth-order valence-electron chi connectivity index (χ4n) is 1.48. The predicted octanol–water partition coefficient (Wildman–Crippen LogP) is 2.24. The Hall–Kier alpha value is -0.370. The molecule has 0 saturated carbocycles. The van der Waals surface area contributed by atoms with Gasteiger partial charge in [0.05, 0.1) is 0 Å². The van der Waals surface area contributed by atoms with E-state index < -0.39 is 0 Å². The van der Waals surface area contributed by atoms with E-state index in [1.807, 2.05) is 27.7 Å². The van der Waals surface area contributed by atoms with E-state index in [0.717, 1.165) is 19.5 Å². The quantitative estimate of drug-likeness (QED) is 0.643. The Labute approximate surface area is 82.1 Å². The maximum atomic E-state index is 11.7. The molecule has 0 saturated heterocycles. The summed E-state index contributed by atoms with van der Waals surface area (Å²) in [6.07, 6.45) is 0.928. The zero-order valence-electron chi connectivity index (χ0n) is 9.61. The van der Waals surface area contributed by atoms with Crippen LogP contribution >= 0.6 is 0 Å². The highest BCUT2D eigenvalue weighted by atomic mass is 16.1. The summed E-state index contributed by atoms with van der Waals surface area (Å²) in [5.41, 5.74) is -0.170. The van der Waals surface area contributed by atoms with Gasteiger partial charge in [-0.2, -0.15) is 0 Å². The fourth-order valence-corrected chi connectivity index (χ4v) is 1.48. The molecule has 78 valence electrons. The van der Waals surface area contributed by atoms with Gasteiger partial charge in [-0.15, -0.1) is 0 Å². The Morgan fingerprint density at radius 1 is 1.38 bits per heavy atom. The van der Waals surface area contributed by atoms with Crippen molar-refractivity contribution in [3.8, 4) is 0 Å². The minimum atomic E-state index is -0.170. The maximum Gasteiger partial charge on any atom is 0.141 e. The molecule has 0 heterocycles. The van der Waals surface area contributed by atoms with E-state index in [0.29, 0.717) is 5.78 Å². The molecule has 2 heteroatoms. The lowest BCUT2D eigenvalue weighted by Gasteiger charge is -2.25. The first-order valence-corrected chi connectivity index (χ1v) is 5.17. The minimum Gasteiger partial charge on any atom is -0.317 e. The fraction of sp³-hybridized carbons (Fsp3) is 0.909. The van der Waals surface area contributed by atoms with Crippen molar-refractivity contribution in [1.82, 2.24) is 5.32 Å². The summed E-state index contributed by atoms with van der Waals surface area (Å²) < 4.78 is 0. The summed E-state index contributed by atoms with van der Waals surface area (Å²) in [5, 5.41) is 3.25. The minimum absolute atomic E-state index is 0.150. The highest BCUT2D eigenvalue weighted by Crippen LogP contribution is 2.24. The largest absolute Gasteiger partial charge is 0.317 e. The molecule has 0 aliphatic rings. The van der Waals surface area contributed by atoms with Gasteiger partial charge < -0.3 is 5.32 Å². The van der Waals surface area contributed by atoms with Crippen molar-refractivity contribution in [1.29, 1.82) is 0 Å². The molecular formula is C11H23NO. The average Bonchev–Trinajstić information content (AvgIpc) is 2.03. The third-order valence-corrected chi connectivity index (χ3v) is 2.37. The molecule has 0 aliphatic carbocycles. The van der Waals surface area contributed by atoms with Gasteiger partial charge in [0, 0.05) is 11.3 Å². The third-order valence-electron chi connectivity index (χ3n) is 2.37. The van der Waals surface area contributed by atoms with E-state index in [-0.39, 0.29) is 11.3 Å². The van der Waals surface area contributed by atoms with Crippen LogP contribution in [0.3, 0.4) is 0 Å². The zero-order valence-corrected chi connectivity index (χ0v) is 9.61. The number of carbonyl (C=O) groups is 1. The van der Waals surface area contributed by atoms with Crippen LogP contribution in [0.5, 0.6) is 0 Å².